The third-order valence-corrected chi connectivity index (χ3v) is 3.34. The predicted molar refractivity (Wildman–Crippen MR) is 68.3 cm³/mol. The number of carbonyl (C=O) groups is 1. The van der Waals surface area contributed by atoms with Crippen LogP contribution in [0, 0.1) is 5.41 Å². The largest absolute Gasteiger partial charge is 0.409 e. The first kappa shape index (κ1) is 15.9. The zero-order valence-corrected chi connectivity index (χ0v) is 11.5. The lowest BCUT2D eigenvalue weighted by Gasteiger charge is -2.24. The highest BCUT2D eigenvalue weighted by Gasteiger charge is 2.33. The summed E-state index contributed by atoms with van der Waals surface area (Å²) < 4.78 is 10.9. The first-order valence-corrected chi connectivity index (χ1v) is 7.03. The van der Waals surface area contributed by atoms with Gasteiger partial charge in [-0.3, -0.25) is 9.00 Å². The van der Waals surface area contributed by atoms with Gasteiger partial charge in [-0.05, 0) is 27.2 Å². The van der Waals surface area contributed by atoms with Crippen LogP contribution in [0.25, 0.3) is 0 Å². The van der Waals surface area contributed by atoms with Gasteiger partial charge in [-0.2, -0.15) is 0 Å². The molecule has 2 unspecified atom stereocenters. The van der Waals surface area contributed by atoms with Gasteiger partial charge in [0.05, 0.1) is 0 Å². The third kappa shape index (κ3) is 5.16. The van der Waals surface area contributed by atoms with Crippen molar-refractivity contribution in [2.24, 2.45) is 16.3 Å². The van der Waals surface area contributed by atoms with E-state index in [9.17, 15) is 9.00 Å². The highest BCUT2D eigenvalue weighted by atomic mass is 32.2. The van der Waals surface area contributed by atoms with E-state index in [4.69, 9.17) is 10.9 Å². The van der Waals surface area contributed by atoms with E-state index in [1.807, 2.05) is 6.92 Å². The van der Waals surface area contributed by atoms with E-state index in [1.165, 1.54) is 0 Å². The van der Waals surface area contributed by atoms with Gasteiger partial charge >= 0.3 is 0 Å². The molecule has 0 aromatic carbocycles. The Morgan fingerprint density at radius 1 is 1.59 bits per heavy atom. The minimum atomic E-state index is -1.06. The molecule has 0 spiro atoms. The van der Waals surface area contributed by atoms with Gasteiger partial charge < -0.3 is 16.3 Å². The lowest BCUT2D eigenvalue weighted by atomic mass is 9.90. The van der Waals surface area contributed by atoms with Crippen molar-refractivity contribution in [1.29, 1.82) is 0 Å². The summed E-state index contributed by atoms with van der Waals surface area (Å²) in [6.07, 6.45) is 2.25. The molecule has 0 bridgehead atoms. The van der Waals surface area contributed by atoms with E-state index < -0.39 is 16.2 Å². The second-order valence-electron chi connectivity index (χ2n) is 4.55. The monoisotopic (exact) mass is 263 g/mol. The number of amides is 1. The maximum absolute atomic E-state index is 11.9. The SMILES string of the molecule is CC(CCS(C)=O)NC(=O)C(C)(C)C(N)=NO. The summed E-state index contributed by atoms with van der Waals surface area (Å²) in [7, 11) is -0.872. The number of oxime groups is 1. The smallest absolute Gasteiger partial charge is 0.233 e. The van der Waals surface area contributed by atoms with Crippen LogP contribution < -0.4 is 11.1 Å². The van der Waals surface area contributed by atoms with E-state index in [0.717, 1.165) is 0 Å². The molecule has 0 aromatic rings. The molecule has 0 radical (unpaired) electrons. The van der Waals surface area contributed by atoms with Crippen molar-refractivity contribution >= 4 is 22.5 Å². The van der Waals surface area contributed by atoms with Crippen LogP contribution in [0.2, 0.25) is 0 Å². The van der Waals surface area contributed by atoms with Crippen molar-refractivity contribution < 1.29 is 14.2 Å². The molecule has 0 rings (SSSR count). The Kier molecular flexibility index (Phi) is 6.15. The van der Waals surface area contributed by atoms with E-state index in [-0.39, 0.29) is 17.8 Å². The van der Waals surface area contributed by atoms with Crippen LogP contribution in [0.3, 0.4) is 0 Å². The molecule has 2 atom stereocenters. The Morgan fingerprint density at radius 3 is 2.53 bits per heavy atom. The van der Waals surface area contributed by atoms with E-state index in [2.05, 4.69) is 10.5 Å². The van der Waals surface area contributed by atoms with Crippen LogP contribution in [-0.4, -0.2) is 39.2 Å². The predicted octanol–water partition coefficient (Wildman–Crippen LogP) is 0.0323. The minimum absolute atomic E-state index is 0.0998. The highest BCUT2D eigenvalue weighted by molar-refractivity contribution is 7.84. The molecule has 0 saturated carbocycles. The Morgan fingerprint density at radius 2 is 2.12 bits per heavy atom. The Balaban J connectivity index is 4.39. The fourth-order valence-corrected chi connectivity index (χ4v) is 1.75. The number of rotatable bonds is 6. The summed E-state index contributed by atoms with van der Waals surface area (Å²) in [5.74, 6) is 0.0780. The summed E-state index contributed by atoms with van der Waals surface area (Å²) in [5.41, 5.74) is 4.38. The van der Waals surface area contributed by atoms with Crippen molar-refractivity contribution in [3.05, 3.63) is 0 Å². The fourth-order valence-electron chi connectivity index (χ4n) is 1.06. The van der Waals surface area contributed by atoms with Gasteiger partial charge in [0.25, 0.3) is 0 Å². The molecule has 0 saturated heterocycles. The maximum atomic E-state index is 11.9. The quantitative estimate of drug-likeness (QED) is 0.272. The second-order valence-corrected chi connectivity index (χ2v) is 6.11. The topological polar surface area (TPSA) is 105 Å². The first-order valence-electron chi connectivity index (χ1n) is 5.30. The van der Waals surface area contributed by atoms with Crippen molar-refractivity contribution in [2.45, 2.75) is 33.2 Å². The van der Waals surface area contributed by atoms with Crippen molar-refractivity contribution in [3.8, 4) is 0 Å². The normalized spacial score (nSPS) is 16.4. The van der Waals surface area contributed by atoms with Crippen molar-refractivity contribution in [3.63, 3.8) is 0 Å². The molecule has 0 aliphatic heterocycles. The number of nitrogens with zero attached hydrogens (tertiary/aromatic N) is 1. The van der Waals surface area contributed by atoms with Gasteiger partial charge in [-0.15, -0.1) is 0 Å². The number of nitrogens with two attached hydrogens (primary N) is 1. The summed E-state index contributed by atoms with van der Waals surface area (Å²) in [6.45, 7) is 4.97. The number of amidine groups is 1. The lowest BCUT2D eigenvalue weighted by Crippen LogP contribution is -2.48. The zero-order chi connectivity index (χ0) is 13.6. The maximum Gasteiger partial charge on any atom is 0.233 e. The standard InChI is InChI=1S/C10H21N3O3S/c1-7(5-6-17(4)16)12-9(14)10(2,3)8(11)13-15/h7,15H,5-6H2,1-4H3,(H2,11,13)(H,12,14). The molecule has 7 heteroatoms. The molecule has 0 aliphatic carbocycles. The summed E-state index contributed by atoms with van der Waals surface area (Å²) >= 11 is 0. The van der Waals surface area contributed by atoms with Gasteiger partial charge in [0.1, 0.15) is 5.41 Å². The molecule has 0 fully saturated rings. The Hall–Kier alpha value is -1.11. The molecular formula is C10H21N3O3S. The molecule has 100 valence electrons. The van der Waals surface area contributed by atoms with Gasteiger partial charge in [0, 0.05) is 28.9 Å². The minimum Gasteiger partial charge on any atom is -0.409 e. The molecule has 1 amide bonds. The van der Waals surface area contributed by atoms with E-state index >= 15 is 0 Å². The number of hydrogen-bond acceptors (Lipinski definition) is 4. The second kappa shape index (κ2) is 6.58. The summed E-state index contributed by atoms with van der Waals surface area (Å²) in [6, 6.07) is -0.0998. The van der Waals surface area contributed by atoms with Crippen LogP contribution in [0.4, 0.5) is 0 Å². The summed E-state index contributed by atoms with van der Waals surface area (Å²) in [4.78, 5) is 11.9. The molecular weight excluding hydrogens is 242 g/mol. The van der Waals surface area contributed by atoms with Crippen LogP contribution in [0.15, 0.2) is 5.16 Å². The van der Waals surface area contributed by atoms with E-state index in [1.54, 1.807) is 20.1 Å². The average Bonchev–Trinajstić information content (AvgIpc) is 2.24. The zero-order valence-electron chi connectivity index (χ0n) is 10.7. The van der Waals surface area contributed by atoms with Crippen molar-refractivity contribution in [2.75, 3.05) is 12.0 Å². The molecule has 0 aromatic heterocycles. The molecule has 0 aliphatic rings. The number of hydrogen-bond donors (Lipinski definition) is 3. The molecule has 17 heavy (non-hydrogen) atoms. The van der Waals surface area contributed by atoms with Crippen LogP contribution in [0.1, 0.15) is 27.2 Å². The van der Waals surface area contributed by atoms with Crippen molar-refractivity contribution in [1.82, 2.24) is 5.32 Å². The summed E-state index contributed by atoms with van der Waals surface area (Å²) in [5, 5.41) is 14.2. The van der Waals surface area contributed by atoms with Gasteiger partial charge in [0.2, 0.25) is 5.91 Å². The molecule has 4 N–H and O–H groups in total. The average molecular weight is 263 g/mol. The Bertz CT molecular complexity index is 329. The number of nitrogens with one attached hydrogen (secondary N) is 1. The van der Waals surface area contributed by atoms with Gasteiger partial charge in [-0.25, -0.2) is 0 Å². The molecule has 0 heterocycles. The van der Waals surface area contributed by atoms with Gasteiger partial charge in [-0.1, -0.05) is 5.16 Å². The number of carbonyl (C=O) groups excluding carboxylic acids is 1. The van der Waals surface area contributed by atoms with Crippen LogP contribution in [-0.2, 0) is 15.6 Å². The highest BCUT2D eigenvalue weighted by Crippen LogP contribution is 2.15. The van der Waals surface area contributed by atoms with Crippen LogP contribution >= 0.6 is 0 Å². The lowest BCUT2D eigenvalue weighted by molar-refractivity contribution is -0.127. The third-order valence-electron chi connectivity index (χ3n) is 2.53. The van der Waals surface area contributed by atoms with Gasteiger partial charge in [0.15, 0.2) is 5.84 Å². The first-order chi connectivity index (χ1) is 7.71. The fraction of sp³-hybridized carbons (Fsp3) is 0.800. The Labute approximate surface area is 104 Å². The molecule has 6 nitrogen and oxygen atoms in total. The van der Waals surface area contributed by atoms with Crippen LogP contribution in [0.5, 0.6) is 0 Å². The van der Waals surface area contributed by atoms with E-state index in [0.29, 0.717) is 12.2 Å².